The molecule has 8 nitrogen and oxygen atoms in total. The van der Waals surface area contributed by atoms with Gasteiger partial charge in [-0.15, -0.1) is 0 Å². The van der Waals surface area contributed by atoms with Gasteiger partial charge in [-0.05, 0) is 67.4 Å². The summed E-state index contributed by atoms with van der Waals surface area (Å²) >= 11 is 0. The van der Waals surface area contributed by atoms with Crippen molar-refractivity contribution in [3.8, 4) is 23.0 Å². The van der Waals surface area contributed by atoms with Crippen LogP contribution in [-0.2, 0) is 27.2 Å². The zero-order valence-corrected chi connectivity index (χ0v) is 22.1. The van der Waals surface area contributed by atoms with Gasteiger partial charge in [0.05, 0.1) is 32.4 Å². The number of methoxy groups -OCH3 is 2. The maximum absolute atomic E-state index is 13.1. The predicted molar refractivity (Wildman–Crippen MR) is 146 cm³/mol. The Morgan fingerprint density at radius 2 is 1.64 bits per heavy atom. The summed E-state index contributed by atoms with van der Waals surface area (Å²) < 4.78 is 22.0. The summed E-state index contributed by atoms with van der Waals surface area (Å²) in [6.45, 7) is 2.35. The van der Waals surface area contributed by atoms with Gasteiger partial charge < -0.3 is 18.6 Å². The topological polar surface area (TPSA) is 91.1 Å². The molecular formula is C31H30N2O6. The average Bonchev–Trinajstić information content (AvgIpc) is 3.35. The number of hydrogen-bond donors (Lipinski definition) is 0. The molecule has 5 rings (SSSR count). The first-order chi connectivity index (χ1) is 19.0. The number of carbonyl (C=O) groups excluding carboxylic acids is 2. The van der Waals surface area contributed by atoms with Crippen molar-refractivity contribution in [3.63, 3.8) is 0 Å². The van der Waals surface area contributed by atoms with Gasteiger partial charge in [0.2, 0.25) is 11.8 Å². The van der Waals surface area contributed by atoms with E-state index in [4.69, 9.17) is 18.6 Å². The quantitative estimate of drug-likeness (QED) is 0.212. The smallest absolute Gasteiger partial charge is 0.329 e. The van der Waals surface area contributed by atoms with Crippen LogP contribution in [0.25, 0.3) is 11.5 Å². The Balaban J connectivity index is 1.18. The summed E-state index contributed by atoms with van der Waals surface area (Å²) in [5.41, 5.74) is 3.37. The number of amides is 1. The highest BCUT2D eigenvalue weighted by Gasteiger charge is 2.52. The first-order valence-corrected chi connectivity index (χ1v) is 12.8. The molecule has 1 aromatic heterocycles. The summed E-state index contributed by atoms with van der Waals surface area (Å²) in [6.07, 6.45) is 1.04. The number of oxazole rings is 1. The van der Waals surface area contributed by atoms with Crippen molar-refractivity contribution in [3.05, 3.63) is 95.9 Å². The second-order valence-corrected chi connectivity index (χ2v) is 9.32. The van der Waals surface area contributed by atoms with Crippen molar-refractivity contribution in [2.75, 3.05) is 25.7 Å². The summed E-state index contributed by atoms with van der Waals surface area (Å²) in [5, 5.41) is 0. The van der Waals surface area contributed by atoms with Crippen LogP contribution in [0.4, 0.5) is 5.69 Å². The summed E-state index contributed by atoms with van der Waals surface area (Å²) in [7, 11) is 2.91. The number of carbonyl (C=O) groups is 2. The van der Waals surface area contributed by atoms with Crippen LogP contribution in [0.1, 0.15) is 17.0 Å². The fourth-order valence-corrected chi connectivity index (χ4v) is 4.77. The van der Waals surface area contributed by atoms with Crippen LogP contribution in [0.15, 0.2) is 83.3 Å². The third-order valence-electron chi connectivity index (χ3n) is 6.91. The normalized spacial score (nSPS) is 16.5. The fourth-order valence-electron chi connectivity index (χ4n) is 4.77. The van der Waals surface area contributed by atoms with Crippen molar-refractivity contribution in [1.82, 2.24) is 4.98 Å². The van der Waals surface area contributed by atoms with Crippen LogP contribution >= 0.6 is 0 Å². The maximum atomic E-state index is 13.1. The molecule has 3 aromatic carbocycles. The summed E-state index contributed by atoms with van der Waals surface area (Å²) in [4.78, 5) is 31.7. The number of benzene rings is 3. The molecule has 200 valence electrons. The minimum Gasteiger partial charge on any atom is -0.497 e. The standard InChI is InChI=1S/C31H30N2O6/c1-20-27(32-29(39-20)22-7-5-4-6-8-22)17-18-38-25-13-9-21(10-14-25)19-26-28(31(35)37-3)33(30(26)34)23-11-15-24(36-2)16-12-23/h4-16,26,28H,17-19H2,1-3H3/t26-,28-/m0/s1. The average molecular weight is 527 g/mol. The molecule has 2 atom stereocenters. The number of rotatable bonds is 10. The molecule has 0 saturated carbocycles. The van der Waals surface area contributed by atoms with Crippen molar-refractivity contribution in [1.29, 1.82) is 0 Å². The third kappa shape index (κ3) is 5.50. The first kappa shape index (κ1) is 26.0. The highest BCUT2D eigenvalue weighted by Crippen LogP contribution is 2.36. The molecule has 1 fully saturated rings. The largest absolute Gasteiger partial charge is 0.497 e. The Labute approximate surface area is 227 Å². The van der Waals surface area contributed by atoms with Crippen LogP contribution in [0.5, 0.6) is 11.5 Å². The van der Waals surface area contributed by atoms with Crippen molar-refractivity contribution in [2.24, 2.45) is 5.92 Å². The minimum atomic E-state index is -0.682. The zero-order valence-electron chi connectivity index (χ0n) is 22.1. The minimum absolute atomic E-state index is 0.117. The first-order valence-electron chi connectivity index (χ1n) is 12.8. The number of hydrogen-bond acceptors (Lipinski definition) is 7. The van der Waals surface area contributed by atoms with Crippen LogP contribution in [0, 0.1) is 12.8 Å². The molecule has 39 heavy (non-hydrogen) atoms. The molecule has 0 aliphatic carbocycles. The Hall–Kier alpha value is -4.59. The van der Waals surface area contributed by atoms with Crippen LogP contribution in [-0.4, -0.2) is 43.7 Å². The van der Waals surface area contributed by atoms with Gasteiger partial charge in [0.15, 0.2) is 0 Å². The van der Waals surface area contributed by atoms with E-state index in [2.05, 4.69) is 4.98 Å². The van der Waals surface area contributed by atoms with Gasteiger partial charge in [-0.2, -0.15) is 0 Å². The number of nitrogens with zero attached hydrogens (tertiary/aromatic N) is 2. The lowest BCUT2D eigenvalue weighted by atomic mass is 9.81. The van der Waals surface area contributed by atoms with Crippen molar-refractivity contribution >= 4 is 17.6 Å². The summed E-state index contributed by atoms with van der Waals surface area (Å²) in [5.74, 6) is 1.72. The second-order valence-electron chi connectivity index (χ2n) is 9.32. The zero-order chi connectivity index (χ0) is 27.4. The molecule has 1 aliphatic rings. The summed E-state index contributed by atoms with van der Waals surface area (Å²) in [6, 6.07) is 23.7. The van der Waals surface area contributed by atoms with E-state index in [1.54, 1.807) is 31.4 Å². The van der Waals surface area contributed by atoms with Crippen LogP contribution < -0.4 is 14.4 Å². The molecule has 0 bridgehead atoms. The molecule has 4 aromatic rings. The second kappa shape index (κ2) is 11.4. The predicted octanol–water partition coefficient (Wildman–Crippen LogP) is 5.03. The highest BCUT2D eigenvalue weighted by molar-refractivity contribution is 6.10. The van der Waals surface area contributed by atoms with E-state index < -0.39 is 17.9 Å². The Morgan fingerprint density at radius 1 is 0.949 bits per heavy atom. The van der Waals surface area contributed by atoms with Gasteiger partial charge in [0.1, 0.15) is 23.3 Å². The molecule has 0 radical (unpaired) electrons. The lowest BCUT2D eigenvalue weighted by Gasteiger charge is -2.45. The van der Waals surface area contributed by atoms with E-state index in [9.17, 15) is 9.59 Å². The number of β-lactam (4-membered cyclic amide) rings is 1. The third-order valence-corrected chi connectivity index (χ3v) is 6.91. The van der Waals surface area contributed by atoms with Crippen LogP contribution in [0.2, 0.25) is 0 Å². The van der Waals surface area contributed by atoms with Gasteiger partial charge in [-0.3, -0.25) is 9.69 Å². The maximum Gasteiger partial charge on any atom is 0.329 e. The van der Waals surface area contributed by atoms with E-state index in [-0.39, 0.29) is 5.91 Å². The Morgan fingerprint density at radius 3 is 2.31 bits per heavy atom. The van der Waals surface area contributed by atoms with E-state index >= 15 is 0 Å². The molecule has 0 spiro atoms. The lowest BCUT2D eigenvalue weighted by molar-refractivity contribution is -0.152. The van der Waals surface area contributed by atoms with Gasteiger partial charge in [-0.25, -0.2) is 9.78 Å². The molecule has 8 heteroatoms. The molecule has 2 heterocycles. The van der Waals surface area contributed by atoms with Crippen LogP contribution in [0.3, 0.4) is 0 Å². The van der Waals surface area contributed by atoms with Gasteiger partial charge in [0, 0.05) is 17.7 Å². The SMILES string of the molecule is COC(=O)[C@@H]1[C@H](Cc2ccc(OCCc3nc(-c4ccccc4)oc3C)cc2)C(=O)N1c1ccc(OC)cc1. The number of anilines is 1. The lowest BCUT2D eigenvalue weighted by Crippen LogP contribution is -2.65. The number of aromatic nitrogens is 1. The highest BCUT2D eigenvalue weighted by atomic mass is 16.5. The molecule has 0 N–H and O–H groups in total. The fraction of sp³-hybridized carbons (Fsp3) is 0.258. The van der Waals surface area contributed by atoms with E-state index in [0.29, 0.717) is 42.5 Å². The Bertz CT molecular complexity index is 1430. The molecule has 1 saturated heterocycles. The van der Waals surface area contributed by atoms with Gasteiger partial charge in [0.25, 0.3) is 0 Å². The molecule has 0 unspecified atom stereocenters. The molecule has 1 amide bonds. The molecular weight excluding hydrogens is 496 g/mol. The Kier molecular flexibility index (Phi) is 7.63. The number of esters is 1. The van der Waals surface area contributed by atoms with Gasteiger partial charge >= 0.3 is 5.97 Å². The number of aryl methyl sites for hydroxylation is 1. The number of ether oxygens (including phenoxy) is 3. The molecule has 1 aliphatic heterocycles. The van der Waals surface area contributed by atoms with Crippen molar-refractivity contribution < 1.29 is 28.2 Å². The van der Waals surface area contributed by atoms with Crippen molar-refractivity contribution in [2.45, 2.75) is 25.8 Å². The van der Waals surface area contributed by atoms with Gasteiger partial charge in [-0.1, -0.05) is 30.3 Å². The van der Waals surface area contributed by atoms with E-state index in [1.807, 2.05) is 61.5 Å². The van der Waals surface area contributed by atoms with E-state index in [0.717, 1.165) is 22.6 Å². The monoisotopic (exact) mass is 526 g/mol. The van der Waals surface area contributed by atoms with E-state index in [1.165, 1.54) is 12.0 Å².